The SMILES string of the molecule is Cc1ccc(CCNC(=O)COc2cccnc2)o1. The average Bonchev–Trinajstić information content (AvgIpc) is 2.83. The van der Waals surface area contributed by atoms with E-state index in [9.17, 15) is 4.79 Å². The normalized spacial score (nSPS) is 10.2. The van der Waals surface area contributed by atoms with Crippen LogP contribution in [0.15, 0.2) is 41.1 Å². The van der Waals surface area contributed by atoms with E-state index in [1.165, 1.54) is 0 Å². The average molecular weight is 260 g/mol. The van der Waals surface area contributed by atoms with E-state index in [-0.39, 0.29) is 12.5 Å². The van der Waals surface area contributed by atoms with Crippen LogP contribution < -0.4 is 10.1 Å². The van der Waals surface area contributed by atoms with Gasteiger partial charge in [0.1, 0.15) is 17.3 Å². The van der Waals surface area contributed by atoms with Gasteiger partial charge in [-0.3, -0.25) is 9.78 Å². The van der Waals surface area contributed by atoms with Crippen LogP contribution in [0.1, 0.15) is 11.5 Å². The Labute approximate surface area is 111 Å². The summed E-state index contributed by atoms with van der Waals surface area (Å²) >= 11 is 0. The molecule has 100 valence electrons. The molecule has 0 aliphatic heterocycles. The van der Waals surface area contributed by atoms with E-state index < -0.39 is 0 Å². The van der Waals surface area contributed by atoms with Crippen molar-refractivity contribution in [1.82, 2.24) is 10.3 Å². The topological polar surface area (TPSA) is 64.4 Å². The summed E-state index contributed by atoms with van der Waals surface area (Å²) in [5, 5.41) is 2.77. The van der Waals surface area contributed by atoms with Crippen molar-refractivity contribution in [3.8, 4) is 5.75 Å². The van der Waals surface area contributed by atoms with Gasteiger partial charge in [-0.25, -0.2) is 0 Å². The number of furan rings is 1. The summed E-state index contributed by atoms with van der Waals surface area (Å²) in [6, 6.07) is 7.33. The Balaban J connectivity index is 1.65. The third-order valence-corrected chi connectivity index (χ3v) is 2.49. The first-order valence-corrected chi connectivity index (χ1v) is 6.09. The number of rotatable bonds is 6. The summed E-state index contributed by atoms with van der Waals surface area (Å²) in [5.74, 6) is 2.17. The molecule has 2 heterocycles. The molecule has 2 aromatic rings. The fraction of sp³-hybridized carbons (Fsp3) is 0.286. The van der Waals surface area contributed by atoms with E-state index in [0.717, 1.165) is 11.5 Å². The van der Waals surface area contributed by atoms with Crippen LogP contribution in [0.5, 0.6) is 5.75 Å². The zero-order valence-electron chi connectivity index (χ0n) is 10.8. The molecule has 2 aromatic heterocycles. The fourth-order valence-corrected chi connectivity index (χ4v) is 1.58. The molecule has 0 radical (unpaired) electrons. The minimum atomic E-state index is -0.160. The highest BCUT2D eigenvalue weighted by Crippen LogP contribution is 2.06. The molecule has 0 aromatic carbocycles. The number of carbonyl (C=O) groups excluding carboxylic acids is 1. The number of carbonyl (C=O) groups is 1. The second-order valence-corrected chi connectivity index (χ2v) is 4.09. The second-order valence-electron chi connectivity index (χ2n) is 4.09. The van der Waals surface area contributed by atoms with Crippen LogP contribution in [-0.4, -0.2) is 24.0 Å². The van der Waals surface area contributed by atoms with Gasteiger partial charge in [0, 0.05) is 19.2 Å². The van der Waals surface area contributed by atoms with Crippen molar-refractivity contribution < 1.29 is 13.9 Å². The van der Waals surface area contributed by atoms with Crippen molar-refractivity contribution in [3.05, 3.63) is 48.2 Å². The Morgan fingerprint density at radius 3 is 3.00 bits per heavy atom. The zero-order valence-corrected chi connectivity index (χ0v) is 10.8. The van der Waals surface area contributed by atoms with Crippen molar-refractivity contribution in [1.29, 1.82) is 0 Å². The lowest BCUT2D eigenvalue weighted by Crippen LogP contribution is -2.30. The van der Waals surface area contributed by atoms with Gasteiger partial charge in [0.2, 0.25) is 0 Å². The molecule has 19 heavy (non-hydrogen) atoms. The predicted molar refractivity (Wildman–Crippen MR) is 69.9 cm³/mol. The Hall–Kier alpha value is -2.30. The summed E-state index contributed by atoms with van der Waals surface area (Å²) in [6.45, 7) is 2.41. The molecule has 5 heteroatoms. The molecule has 0 saturated carbocycles. The number of amides is 1. The predicted octanol–water partition coefficient (Wildman–Crippen LogP) is 1.72. The van der Waals surface area contributed by atoms with Gasteiger partial charge in [0.05, 0.1) is 6.20 Å². The Bertz CT molecular complexity index is 522. The summed E-state index contributed by atoms with van der Waals surface area (Å²) in [6.07, 6.45) is 3.89. The molecule has 0 fully saturated rings. The Kier molecular flexibility index (Phi) is 4.55. The number of pyridine rings is 1. The molecule has 0 aliphatic carbocycles. The van der Waals surface area contributed by atoms with E-state index in [1.807, 2.05) is 19.1 Å². The van der Waals surface area contributed by atoms with E-state index >= 15 is 0 Å². The summed E-state index contributed by atoms with van der Waals surface area (Å²) in [7, 11) is 0. The molecule has 5 nitrogen and oxygen atoms in total. The highest BCUT2D eigenvalue weighted by atomic mass is 16.5. The maximum absolute atomic E-state index is 11.5. The van der Waals surface area contributed by atoms with E-state index in [2.05, 4.69) is 10.3 Å². The second kappa shape index (κ2) is 6.58. The first-order valence-electron chi connectivity index (χ1n) is 6.09. The van der Waals surface area contributed by atoms with Crippen molar-refractivity contribution in [2.75, 3.05) is 13.2 Å². The van der Waals surface area contributed by atoms with E-state index in [4.69, 9.17) is 9.15 Å². The highest BCUT2D eigenvalue weighted by molar-refractivity contribution is 5.77. The number of aromatic nitrogens is 1. The van der Waals surface area contributed by atoms with Gasteiger partial charge in [0.15, 0.2) is 6.61 Å². The standard InChI is InChI=1S/C14H16N2O3/c1-11-4-5-12(19-11)6-8-16-14(17)10-18-13-3-2-7-15-9-13/h2-5,7,9H,6,8,10H2,1H3,(H,16,17). The lowest BCUT2D eigenvalue weighted by molar-refractivity contribution is -0.123. The van der Waals surface area contributed by atoms with Gasteiger partial charge in [0.25, 0.3) is 5.91 Å². The van der Waals surface area contributed by atoms with E-state index in [0.29, 0.717) is 18.7 Å². The number of hydrogen-bond acceptors (Lipinski definition) is 4. The van der Waals surface area contributed by atoms with Gasteiger partial charge in [-0.2, -0.15) is 0 Å². The molecule has 0 aliphatic rings. The van der Waals surface area contributed by atoms with Gasteiger partial charge < -0.3 is 14.5 Å². The third-order valence-electron chi connectivity index (χ3n) is 2.49. The maximum atomic E-state index is 11.5. The molecule has 0 spiro atoms. The lowest BCUT2D eigenvalue weighted by Gasteiger charge is -2.06. The van der Waals surface area contributed by atoms with Crippen LogP contribution in [0.25, 0.3) is 0 Å². The molecule has 1 N–H and O–H groups in total. The fourth-order valence-electron chi connectivity index (χ4n) is 1.58. The monoisotopic (exact) mass is 260 g/mol. The van der Waals surface area contributed by atoms with Crippen LogP contribution in [0.3, 0.4) is 0 Å². The lowest BCUT2D eigenvalue weighted by atomic mass is 10.3. The van der Waals surface area contributed by atoms with Gasteiger partial charge in [-0.15, -0.1) is 0 Å². The number of nitrogens with one attached hydrogen (secondary N) is 1. The molecule has 0 bridgehead atoms. The molecular weight excluding hydrogens is 244 g/mol. The van der Waals surface area contributed by atoms with E-state index in [1.54, 1.807) is 24.5 Å². The highest BCUT2D eigenvalue weighted by Gasteiger charge is 2.03. The van der Waals surface area contributed by atoms with Gasteiger partial charge in [-0.1, -0.05) is 0 Å². The molecule has 0 unspecified atom stereocenters. The van der Waals surface area contributed by atoms with Crippen molar-refractivity contribution in [3.63, 3.8) is 0 Å². The Morgan fingerprint density at radius 1 is 1.42 bits per heavy atom. The van der Waals surface area contributed by atoms with Crippen LogP contribution >= 0.6 is 0 Å². The first kappa shape index (κ1) is 13.1. The number of hydrogen-bond donors (Lipinski definition) is 1. The van der Waals surface area contributed by atoms with Gasteiger partial charge >= 0.3 is 0 Å². The van der Waals surface area contributed by atoms with Gasteiger partial charge in [-0.05, 0) is 31.2 Å². The molecule has 0 saturated heterocycles. The number of aryl methyl sites for hydroxylation is 1. The van der Waals surface area contributed by atoms with Crippen molar-refractivity contribution >= 4 is 5.91 Å². The van der Waals surface area contributed by atoms with Crippen LogP contribution in [0, 0.1) is 6.92 Å². The summed E-state index contributed by atoms with van der Waals surface area (Å²) in [5.41, 5.74) is 0. The Morgan fingerprint density at radius 2 is 2.32 bits per heavy atom. The molecular formula is C14H16N2O3. The molecule has 0 atom stereocenters. The summed E-state index contributed by atoms with van der Waals surface area (Å²) in [4.78, 5) is 15.4. The minimum Gasteiger partial charge on any atom is -0.482 e. The molecule has 1 amide bonds. The molecule has 2 rings (SSSR count). The quantitative estimate of drug-likeness (QED) is 0.859. The van der Waals surface area contributed by atoms with Crippen LogP contribution in [0.4, 0.5) is 0 Å². The van der Waals surface area contributed by atoms with Crippen LogP contribution in [-0.2, 0) is 11.2 Å². The number of nitrogens with zero attached hydrogens (tertiary/aromatic N) is 1. The summed E-state index contributed by atoms with van der Waals surface area (Å²) < 4.78 is 10.7. The van der Waals surface area contributed by atoms with Crippen molar-refractivity contribution in [2.24, 2.45) is 0 Å². The third kappa shape index (κ3) is 4.46. The minimum absolute atomic E-state index is 0.0110. The largest absolute Gasteiger partial charge is 0.482 e. The zero-order chi connectivity index (χ0) is 13.5. The van der Waals surface area contributed by atoms with Crippen LogP contribution in [0.2, 0.25) is 0 Å². The number of ether oxygens (including phenoxy) is 1. The van der Waals surface area contributed by atoms with Crippen molar-refractivity contribution in [2.45, 2.75) is 13.3 Å². The first-order chi connectivity index (χ1) is 9.24. The smallest absolute Gasteiger partial charge is 0.257 e. The maximum Gasteiger partial charge on any atom is 0.257 e.